The summed E-state index contributed by atoms with van der Waals surface area (Å²) in [5, 5.41) is 2.35. The quantitative estimate of drug-likeness (QED) is 0.779. The fraction of sp³-hybridized carbons (Fsp3) is 0.214. The van der Waals surface area contributed by atoms with Crippen LogP contribution in [0.3, 0.4) is 0 Å². The van der Waals surface area contributed by atoms with Gasteiger partial charge in [0.15, 0.2) is 0 Å². The highest BCUT2D eigenvalue weighted by Crippen LogP contribution is 2.26. The molecule has 2 rings (SSSR count). The predicted molar refractivity (Wildman–Crippen MR) is 67.5 cm³/mol. The Morgan fingerprint density at radius 3 is 2.56 bits per heavy atom. The second-order valence-electron chi connectivity index (χ2n) is 3.90. The van der Waals surface area contributed by atoms with Crippen LogP contribution in [0.25, 0.3) is 10.8 Å². The van der Waals surface area contributed by atoms with Crippen molar-refractivity contribution in [3.05, 3.63) is 42.5 Å². The molecule has 0 bridgehead atoms. The fourth-order valence-corrected chi connectivity index (χ4v) is 1.80. The van der Waals surface area contributed by atoms with Gasteiger partial charge >= 0.3 is 0 Å². The molecule has 2 aromatic carbocycles. The average Bonchev–Trinajstić information content (AvgIpc) is 2.36. The van der Waals surface area contributed by atoms with Crippen LogP contribution in [0, 0.1) is 0 Å². The number of benzene rings is 2. The number of likely N-dealkylation sites (N-methyl/N-ethyl adjacent to an activating group) is 1. The first kappa shape index (κ1) is 10.7. The third kappa shape index (κ3) is 1.78. The molecule has 0 aromatic heterocycles. The van der Waals surface area contributed by atoms with E-state index in [1.54, 1.807) is 0 Å². The van der Waals surface area contributed by atoms with Crippen LogP contribution in [0.4, 0.5) is 5.69 Å². The van der Waals surface area contributed by atoms with Gasteiger partial charge in [-0.25, -0.2) is 0 Å². The van der Waals surface area contributed by atoms with E-state index in [9.17, 15) is 4.79 Å². The van der Waals surface area contributed by atoms with E-state index in [1.165, 1.54) is 5.39 Å². The van der Waals surface area contributed by atoms with Crippen molar-refractivity contribution < 1.29 is 4.79 Å². The van der Waals surface area contributed by atoms with Crippen LogP contribution >= 0.6 is 0 Å². The molecule has 0 saturated heterocycles. The Morgan fingerprint density at radius 2 is 1.81 bits per heavy atom. The lowest BCUT2D eigenvalue weighted by Crippen LogP contribution is -2.29. The fourth-order valence-electron chi connectivity index (χ4n) is 1.80. The van der Waals surface area contributed by atoms with Crippen LogP contribution in [-0.4, -0.2) is 19.4 Å². The van der Waals surface area contributed by atoms with E-state index in [0.717, 1.165) is 11.1 Å². The Kier molecular flexibility index (Phi) is 2.91. The molecule has 0 spiro atoms. The molecule has 0 fully saturated rings. The first-order chi connectivity index (χ1) is 7.74. The third-order valence-electron chi connectivity index (χ3n) is 2.90. The molecule has 0 aliphatic carbocycles. The van der Waals surface area contributed by atoms with Crippen LogP contribution in [0.15, 0.2) is 42.5 Å². The van der Waals surface area contributed by atoms with Crippen molar-refractivity contribution in [2.45, 2.75) is 13.0 Å². The molecule has 81 valence electrons. The lowest BCUT2D eigenvalue weighted by molar-refractivity contribution is 0.543. The lowest BCUT2D eigenvalue weighted by Gasteiger charge is -2.23. The minimum absolute atomic E-state index is 0.231. The summed E-state index contributed by atoms with van der Waals surface area (Å²) in [6, 6.07) is 14.0. The summed E-state index contributed by atoms with van der Waals surface area (Å²) in [5.41, 5.74) is 1.06. The molecule has 0 amide bonds. The van der Waals surface area contributed by atoms with Crippen molar-refractivity contribution in [2.24, 2.45) is 0 Å². The van der Waals surface area contributed by atoms with Gasteiger partial charge in [0, 0.05) is 18.1 Å². The number of carbonyl (C=O) groups excluding carboxylic acids is 1. The molecule has 2 nitrogen and oxygen atoms in total. The predicted octanol–water partition coefficient (Wildman–Crippen LogP) is 2.77. The summed E-state index contributed by atoms with van der Waals surface area (Å²) in [6.45, 7) is 1.84. The van der Waals surface area contributed by atoms with E-state index < -0.39 is 0 Å². The summed E-state index contributed by atoms with van der Waals surface area (Å²) in [7, 11) is 1.91. The summed E-state index contributed by atoms with van der Waals surface area (Å²) < 4.78 is 0. The van der Waals surface area contributed by atoms with Crippen molar-refractivity contribution >= 4 is 22.7 Å². The summed E-state index contributed by atoms with van der Waals surface area (Å²) in [5.74, 6) is 0. The van der Waals surface area contributed by atoms with Gasteiger partial charge in [0.1, 0.15) is 0 Å². The van der Waals surface area contributed by atoms with Crippen molar-refractivity contribution in [3.63, 3.8) is 0 Å². The molecular weight excluding hydrogens is 198 g/mol. The van der Waals surface area contributed by atoms with Gasteiger partial charge in [-0.15, -0.1) is 0 Å². The zero-order chi connectivity index (χ0) is 11.5. The van der Waals surface area contributed by atoms with Crippen molar-refractivity contribution in [1.82, 2.24) is 0 Å². The number of anilines is 1. The maximum Gasteiger partial charge on any atom is 0.222 e. The molecule has 1 radical (unpaired) electrons. The highest BCUT2D eigenvalue weighted by molar-refractivity contribution is 5.95. The Bertz CT molecular complexity index is 502. The molecule has 1 atom stereocenters. The Morgan fingerprint density at radius 1 is 1.12 bits per heavy atom. The second kappa shape index (κ2) is 4.35. The van der Waals surface area contributed by atoms with E-state index in [1.807, 2.05) is 49.4 Å². The monoisotopic (exact) mass is 212 g/mol. The largest absolute Gasteiger partial charge is 0.364 e. The van der Waals surface area contributed by atoms with E-state index in [2.05, 4.69) is 18.2 Å². The van der Waals surface area contributed by atoms with Gasteiger partial charge in [-0.2, -0.15) is 0 Å². The van der Waals surface area contributed by atoms with E-state index in [0.29, 0.717) is 0 Å². The molecule has 0 saturated carbocycles. The zero-order valence-corrected chi connectivity index (χ0v) is 9.47. The van der Waals surface area contributed by atoms with Crippen molar-refractivity contribution in [3.8, 4) is 0 Å². The van der Waals surface area contributed by atoms with Crippen LogP contribution in [0.5, 0.6) is 0 Å². The van der Waals surface area contributed by atoms with Crippen LogP contribution in [0.2, 0.25) is 0 Å². The van der Waals surface area contributed by atoms with Crippen molar-refractivity contribution in [2.75, 3.05) is 11.9 Å². The second-order valence-corrected chi connectivity index (χ2v) is 3.90. The summed E-state index contributed by atoms with van der Waals surface area (Å²) >= 11 is 0. The SMILES string of the molecule is C[C@@H]([C]=O)N(C)c1cccc2ccccc12. The number of nitrogens with zero attached hydrogens (tertiary/aromatic N) is 1. The van der Waals surface area contributed by atoms with Crippen molar-refractivity contribution in [1.29, 1.82) is 0 Å². The Labute approximate surface area is 95.5 Å². The smallest absolute Gasteiger partial charge is 0.222 e. The zero-order valence-electron chi connectivity index (χ0n) is 9.47. The maximum absolute atomic E-state index is 10.7. The average molecular weight is 212 g/mol. The molecule has 0 heterocycles. The first-order valence-electron chi connectivity index (χ1n) is 5.32. The molecular formula is C14H14NO. The standard InChI is InChI=1S/C14H14NO/c1-11(10-16)15(2)14-9-5-7-12-6-3-4-8-13(12)14/h3-9,11H,1-2H3/t11-/m0/s1. The molecule has 2 heteroatoms. The summed E-state index contributed by atoms with van der Waals surface area (Å²) in [6.07, 6.45) is 2.00. The van der Waals surface area contributed by atoms with Gasteiger partial charge < -0.3 is 4.90 Å². The number of hydrogen-bond acceptors (Lipinski definition) is 2. The van der Waals surface area contributed by atoms with E-state index in [-0.39, 0.29) is 6.04 Å². The highest BCUT2D eigenvalue weighted by atomic mass is 16.1. The third-order valence-corrected chi connectivity index (χ3v) is 2.90. The normalized spacial score (nSPS) is 12.4. The van der Waals surface area contributed by atoms with Gasteiger partial charge in [-0.1, -0.05) is 36.4 Å². The number of fused-ring (bicyclic) bond motifs is 1. The Hall–Kier alpha value is -1.83. The molecule has 16 heavy (non-hydrogen) atoms. The van der Waals surface area contributed by atoms with Gasteiger partial charge in [-0.05, 0) is 18.4 Å². The molecule has 0 aliphatic heterocycles. The molecule has 0 aliphatic rings. The first-order valence-corrected chi connectivity index (χ1v) is 5.32. The molecule has 0 unspecified atom stereocenters. The minimum Gasteiger partial charge on any atom is -0.364 e. The van der Waals surface area contributed by atoms with Gasteiger partial charge in [0.2, 0.25) is 6.29 Å². The van der Waals surface area contributed by atoms with Crippen LogP contribution in [-0.2, 0) is 4.79 Å². The summed E-state index contributed by atoms with van der Waals surface area (Å²) in [4.78, 5) is 12.6. The molecule has 2 aromatic rings. The minimum atomic E-state index is -0.231. The van der Waals surface area contributed by atoms with Gasteiger partial charge in [0.05, 0.1) is 6.04 Å². The van der Waals surface area contributed by atoms with Gasteiger partial charge in [-0.3, -0.25) is 4.79 Å². The van der Waals surface area contributed by atoms with Gasteiger partial charge in [0.25, 0.3) is 0 Å². The molecule has 0 N–H and O–H groups in total. The highest BCUT2D eigenvalue weighted by Gasteiger charge is 2.11. The van der Waals surface area contributed by atoms with Crippen LogP contribution < -0.4 is 4.90 Å². The lowest BCUT2D eigenvalue weighted by atomic mass is 10.1. The number of hydrogen-bond donors (Lipinski definition) is 0. The maximum atomic E-state index is 10.7. The number of rotatable bonds is 3. The van der Waals surface area contributed by atoms with Crippen LogP contribution in [0.1, 0.15) is 6.92 Å². The van der Waals surface area contributed by atoms with E-state index >= 15 is 0 Å². The Balaban J connectivity index is 2.56. The van der Waals surface area contributed by atoms with E-state index in [4.69, 9.17) is 0 Å². The topological polar surface area (TPSA) is 20.3 Å².